The molecule has 9 nitrogen and oxygen atoms in total. The Morgan fingerprint density at radius 2 is 2.03 bits per heavy atom. The topological polar surface area (TPSA) is 112 Å². The third-order valence-electron chi connectivity index (χ3n) is 4.78. The van der Waals surface area contributed by atoms with Gasteiger partial charge in [-0.2, -0.15) is 0 Å². The van der Waals surface area contributed by atoms with Crippen molar-refractivity contribution in [2.75, 3.05) is 26.1 Å². The summed E-state index contributed by atoms with van der Waals surface area (Å²) in [6, 6.07) is 8.72. The van der Waals surface area contributed by atoms with E-state index in [4.69, 9.17) is 18.9 Å². The molecule has 9 heteroatoms. The number of aromatic amines is 1. The second-order valence-corrected chi connectivity index (χ2v) is 6.70. The summed E-state index contributed by atoms with van der Waals surface area (Å²) in [6.45, 7) is 1.78. The van der Waals surface area contributed by atoms with Gasteiger partial charge in [-0.05, 0) is 37.3 Å². The average molecular weight is 435 g/mol. The monoisotopic (exact) mass is 435 g/mol. The highest BCUT2D eigenvalue weighted by Gasteiger charge is 2.37. The number of hydrogen-bond donors (Lipinski definition) is 2. The van der Waals surface area contributed by atoms with Gasteiger partial charge in [0.05, 0.1) is 20.8 Å². The largest absolute Gasteiger partial charge is 0.493 e. The lowest BCUT2D eigenvalue weighted by atomic mass is 10.1. The first-order chi connectivity index (χ1) is 15.5. The fraction of sp³-hybridized carbons (Fsp3) is 0.174. The summed E-state index contributed by atoms with van der Waals surface area (Å²) in [5, 5.41) is 3.79. The van der Waals surface area contributed by atoms with Crippen LogP contribution in [0.1, 0.15) is 12.5 Å². The van der Waals surface area contributed by atoms with E-state index in [1.54, 1.807) is 49.7 Å². The summed E-state index contributed by atoms with van der Waals surface area (Å²) in [5.41, 5.74) is 1.69. The van der Waals surface area contributed by atoms with Crippen LogP contribution in [-0.4, -0.2) is 42.5 Å². The molecule has 0 aliphatic carbocycles. The van der Waals surface area contributed by atoms with Gasteiger partial charge in [0.15, 0.2) is 22.8 Å². The van der Waals surface area contributed by atoms with Gasteiger partial charge in [0.2, 0.25) is 11.7 Å². The van der Waals surface area contributed by atoms with E-state index in [1.807, 2.05) is 6.07 Å². The molecule has 0 unspecified atom stereocenters. The maximum atomic E-state index is 13.0. The fourth-order valence-corrected chi connectivity index (χ4v) is 3.29. The molecule has 164 valence electrons. The third kappa shape index (κ3) is 3.87. The molecule has 2 N–H and O–H groups in total. The van der Waals surface area contributed by atoms with Crippen LogP contribution in [0.3, 0.4) is 0 Å². The summed E-state index contributed by atoms with van der Waals surface area (Å²) < 4.78 is 21.4. The molecular formula is C23H21N3O6. The summed E-state index contributed by atoms with van der Waals surface area (Å²) in [5.74, 6) is -0.378. The zero-order chi connectivity index (χ0) is 22.7. The van der Waals surface area contributed by atoms with Crippen LogP contribution in [0.15, 0.2) is 59.9 Å². The number of carbonyl (C=O) groups is 2. The number of fused-ring (bicyclic) bond motifs is 1. The van der Waals surface area contributed by atoms with Crippen molar-refractivity contribution in [2.24, 2.45) is 0 Å². The van der Waals surface area contributed by atoms with Crippen LogP contribution in [0.5, 0.6) is 11.5 Å². The number of hydrogen-bond acceptors (Lipinski definition) is 8. The molecule has 32 heavy (non-hydrogen) atoms. The fourth-order valence-electron chi connectivity index (χ4n) is 3.29. The number of ketones is 1. The van der Waals surface area contributed by atoms with Crippen LogP contribution < -0.4 is 14.8 Å². The number of nitrogens with one attached hydrogen (secondary N) is 2. The Morgan fingerprint density at radius 1 is 1.22 bits per heavy atom. The zero-order valence-electron chi connectivity index (χ0n) is 17.7. The zero-order valence-corrected chi connectivity index (χ0v) is 17.7. The van der Waals surface area contributed by atoms with Gasteiger partial charge in [0.1, 0.15) is 5.65 Å². The molecule has 0 saturated heterocycles. The van der Waals surface area contributed by atoms with Crippen molar-refractivity contribution >= 4 is 34.5 Å². The highest BCUT2D eigenvalue weighted by atomic mass is 16.5. The molecule has 1 aliphatic heterocycles. The lowest BCUT2D eigenvalue weighted by Crippen LogP contribution is -2.16. The van der Waals surface area contributed by atoms with Gasteiger partial charge < -0.3 is 29.2 Å². The highest BCUT2D eigenvalue weighted by Crippen LogP contribution is 2.33. The highest BCUT2D eigenvalue weighted by molar-refractivity contribution is 6.26. The summed E-state index contributed by atoms with van der Waals surface area (Å²) in [6.07, 6.45) is 4.94. The first kappa shape index (κ1) is 21.0. The van der Waals surface area contributed by atoms with E-state index in [1.165, 1.54) is 14.2 Å². The second kappa shape index (κ2) is 8.84. The maximum absolute atomic E-state index is 13.0. The Morgan fingerprint density at radius 3 is 2.78 bits per heavy atom. The molecule has 0 bridgehead atoms. The van der Waals surface area contributed by atoms with Gasteiger partial charge in [-0.15, -0.1) is 0 Å². The van der Waals surface area contributed by atoms with E-state index in [0.29, 0.717) is 28.4 Å². The predicted octanol–water partition coefficient (Wildman–Crippen LogP) is 3.41. The van der Waals surface area contributed by atoms with Gasteiger partial charge in [-0.25, -0.2) is 9.78 Å². The number of anilines is 1. The van der Waals surface area contributed by atoms with Crippen molar-refractivity contribution in [1.29, 1.82) is 0 Å². The SMILES string of the molecule is CCOC(=O)C1=C(Nc2ccc(OC)c(OC)c2)O/C(=C\c2c[nH]c3ncccc23)C1=O. The number of H-pyrrole nitrogens is 1. The van der Waals surface area contributed by atoms with E-state index in [9.17, 15) is 9.59 Å². The molecule has 0 fully saturated rings. The number of methoxy groups -OCH3 is 2. The number of carbonyl (C=O) groups excluding carboxylic acids is 2. The standard InChI is InChI=1S/C23H21N3O6/c1-4-31-23(28)19-20(27)18(10-13-12-25-21-15(13)6-5-9-24-21)32-22(19)26-14-7-8-16(29-2)17(11-14)30-3/h5-12,26H,4H2,1-3H3,(H,24,25)/b18-10-. The molecule has 0 radical (unpaired) electrons. The van der Waals surface area contributed by atoms with Gasteiger partial charge in [0.25, 0.3) is 0 Å². The molecule has 0 spiro atoms. The number of ether oxygens (including phenoxy) is 4. The Hall–Kier alpha value is -4.27. The van der Waals surface area contributed by atoms with E-state index in [-0.39, 0.29) is 23.8 Å². The number of pyridine rings is 1. The van der Waals surface area contributed by atoms with Crippen LogP contribution in [0.4, 0.5) is 5.69 Å². The van der Waals surface area contributed by atoms with E-state index < -0.39 is 11.8 Å². The van der Waals surface area contributed by atoms with Gasteiger partial charge in [0, 0.05) is 35.1 Å². The van der Waals surface area contributed by atoms with Crippen LogP contribution in [0, 0.1) is 0 Å². The number of rotatable bonds is 7. The van der Waals surface area contributed by atoms with Crippen molar-refractivity contribution in [3.05, 3.63) is 65.5 Å². The summed E-state index contributed by atoms with van der Waals surface area (Å²) in [7, 11) is 3.04. The maximum Gasteiger partial charge on any atom is 0.347 e. The minimum absolute atomic E-state index is 0.0132. The molecule has 1 aromatic carbocycles. The van der Waals surface area contributed by atoms with Crippen molar-refractivity contribution in [3.8, 4) is 11.5 Å². The number of allylic oxidation sites excluding steroid dienone is 1. The Balaban J connectivity index is 1.70. The van der Waals surface area contributed by atoms with Crippen LogP contribution >= 0.6 is 0 Å². The van der Waals surface area contributed by atoms with Gasteiger partial charge >= 0.3 is 5.97 Å². The first-order valence-corrected chi connectivity index (χ1v) is 9.82. The molecular weight excluding hydrogens is 414 g/mol. The minimum atomic E-state index is -0.774. The van der Waals surface area contributed by atoms with Crippen LogP contribution in [0.25, 0.3) is 17.1 Å². The Bertz CT molecular complexity index is 1260. The molecule has 3 aromatic rings. The third-order valence-corrected chi connectivity index (χ3v) is 4.78. The second-order valence-electron chi connectivity index (χ2n) is 6.70. The molecule has 0 amide bonds. The van der Waals surface area contributed by atoms with Crippen LogP contribution in [-0.2, 0) is 19.1 Å². The number of Topliss-reactive ketones (excluding diaryl/α,β-unsaturated/α-hetero) is 1. The smallest absolute Gasteiger partial charge is 0.347 e. The number of benzene rings is 1. The minimum Gasteiger partial charge on any atom is -0.493 e. The van der Waals surface area contributed by atoms with Gasteiger partial charge in [-0.1, -0.05) is 0 Å². The number of esters is 1. The van der Waals surface area contributed by atoms with Crippen molar-refractivity contribution in [2.45, 2.75) is 6.92 Å². The van der Waals surface area contributed by atoms with Crippen molar-refractivity contribution in [3.63, 3.8) is 0 Å². The normalized spacial score (nSPS) is 14.6. The molecule has 2 aromatic heterocycles. The van der Waals surface area contributed by atoms with Gasteiger partial charge in [-0.3, -0.25) is 4.79 Å². The lowest BCUT2D eigenvalue weighted by molar-refractivity contribution is -0.139. The quantitative estimate of drug-likeness (QED) is 0.330. The molecule has 4 rings (SSSR count). The Kier molecular flexibility index (Phi) is 5.80. The van der Waals surface area contributed by atoms with E-state index in [2.05, 4.69) is 15.3 Å². The molecule has 3 heterocycles. The average Bonchev–Trinajstić information content (AvgIpc) is 3.35. The molecule has 0 atom stereocenters. The van der Waals surface area contributed by atoms with E-state index >= 15 is 0 Å². The summed E-state index contributed by atoms with van der Waals surface area (Å²) in [4.78, 5) is 32.8. The number of nitrogens with zero attached hydrogens (tertiary/aromatic N) is 1. The molecule has 1 aliphatic rings. The van der Waals surface area contributed by atoms with Crippen molar-refractivity contribution in [1.82, 2.24) is 9.97 Å². The number of aromatic nitrogens is 2. The lowest BCUT2D eigenvalue weighted by Gasteiger charge is -2.12. The van der Waals surface area contributed by atoms with E-state index in [0.717, 1.165) is 5.39 Å². The predicted molar refractivity (Wildman–Crippen MR) is 117 cm³/mol. The first-order valence-electron chi connectivity index (χ1n) is 9.82. The Labute approximate surface area is 183 Å². The summed E-state index contributed by atoms with van der Waals surface area (Å²) >= 11 is 0. The van der Waals surface area contributed by atoms with Crippen LogP contribution in [0.2, 0.25) is 0 Å². The van der Waals surface area contributed by atoms with Crippen molar-refractivity contribution < 1.29 is 28.5 Å². The molecule has 0 saturated carbocycles.